The molecular weight excluding hydrogens is 362 g/mol. The number of anilines is 1. The van der Waals surface area contributed by atoms with Crippen molar-refractivity contribution in [2.75, 3.05) is 38.2 Å². The third-order valence-electron chi connectivity index (χ3n) is 4.71. The first-order valence-electron chi connectivity index (χ1n) is 9.10. The average Bonchev–Trinajstić information content (AvgIpc) is 3.15. The van der Waals surface area contributed by atoms with Crippen molar-refractivity contribution in [1.82, 2.24) is 20.2 Å². The van der Waals surface area contributed by atoms with Gasteiger partial charge in [-0.3, -0.25) is 14.7 Å². The molecule has 2 aromatic rings. The second-order valence-corrected chi connectivity index (χ2v) is 8.39. The van der Waals surface area contributed by atoms with Crippen LogP contribution in [-0.2, 0) is 0 Å². The molecule has 0 saturated carbocycles. The van der Waals surface area contributed by atoms with E-state index in [1.54, 1.807) is 19.4 Å². The van der Waals surface area contributed by atoms with Gasteiger partial charge in [-0.05, 0) is 32.9 Å². The molecule has 0 aliphatic carbocycles. The number of rotatable bonds is 5. The van der Waals surface area contributed by atoms with E-state index in [0.29, 0.717) is 12.3 Å². The first-order chi connectivity index (χ1) is 12.9. The Balaban J connectivity index is 1.77. The van der Waals surface area contributed by atoms with Crippen molar-refractivity contribution in [3.8, 4) is 5.75 Å². The van der Waals surface area contributed by atoms with Gasteiger partial charge in [0, 0.05) is 43.8 Å². The van der Waals surface area contributed by atoms with Crippen molar-refractivity contribution < 1.29 is 9.53 Å². The summed E-state index contributed by atoms with van der Waals surface area (Å²) in [4.78, 5) is 25.2. The standard InChI is InChI=1S/C19H27N5O2S/c1-19(2,3)23-8-9-24(18-22-16(13-27-18)17(25)20-4)14(11-23)12-26-15-6-5-7-21-10-15/h5-7,10,13-14H,8-9,11-12H2,1-4H3,(H,20,25). The summed E-state index contributed by atoms with van der Waals surface area (Å²) in [7, 11) is 1.62. The van der Waals surface area contributed by atoms with E-state index in [-0.39, 0.29) is 17.5 Å². The van der Waals surface area contributed by atoms with Gasteiger partial charge in [0.05, 0.1) is 12.2 Å². The molecule has 146 valence electrons. The van der Waals surface area contributed by atoms with Crippen LogP contribution in [0.3, 0.4) is 0 Å². The number of pyridine rings is 1. The van der Waals surface area contributed by atoms with Gasteiger partial charge < -0.3 is 15.0 Å². The molecule has 3 heterocycles. The first kappa shape index (κ1) is 19.6. The molecule has 1 unspecified atom stereocenters. The van der Waals surface area contributed by atoms with Crippen molar-refractivity contribution in [3.63, 3.8) is 0 Å². The highest BCUT2D eigenvalue weighted by molar-refractivity contribution is 7.14. The van der Waals surface area contributed by atoms with Crippen molar-refractivity contribution in [2.45, 2.75) is 32.4 Å². The van der Waals surface area contributed by atoms with Gasteiger partial charge in [-0.2, -0.15) is 0 Å². The number of amides is 1. The summed E-state index contributed by atoms with van der Waals surface area (Å²) in [6.45, 7) is 9.89. The minimum Gasteiger partial charge on any atom is -0.490 e. The number of carbonyl (C=O) groups is 1. The lowest BCUT2D eigenvalue weighted by Crippen LogP contribution is -2.60. The fourth-order valence-electron chi connectivity index (χ4n) is 3.11. The molecule has 1 fully saturated rings. The Morgan fingerprint density at radius 1 is 1.41 bits per heavy atom. The van der Waals surface area contributed by atoms with E-state index in [1.165, 1.54) is 11.3 Å². The monoisotopic (exact) mass is 389 g/mol. The van der Waals surface area contributed by atoms with Crippen LogP contribution in [0.5, 0.6) is 5.75 Å². The zero-order valence-corrected chi connectivity index (χ0v) is 17.1. The van der Waals surface area contributed by atoms with Crippen molar-refractivity contribution >= 4 is 22.4 Å². The largest absolute Gasteiger partial charge is 0.490 e. The van der Waals surface area contributed by atoms with Gasteiger partial charge in [0.15, 0.2) is 5.13 Å². The SMILES string of the molecule is CNC(=O)c1csc(N2CCN(C(C)(C)C)CC2COc2cccnc2)n1. The molecule has 2 aromatic heterocycles. The smallest absolute Gasteiger partial charge is 0.270 e. The van der Waals surface area contributed by atoms with Crippen LogP contribution in [0.25, 0.3) is 0 Å². The molecule has 1 atom stereocenters. The minimum atomic E-state index is -0.158. The summed E-state index contributed by atoms with van der Waals surface area (Å²) in [6.07, 6.45) is 3.46. The van der Waals surface area contributed by atoms with Crippen LogP contribution in [-0.4, -0.2) is 65.6 Å². The van der Waals surface area contributed by atoms with Gasteiger partial charge in [-0.25, -0.2) is 4.98 Å². The Bertz CT molecular complexity index is 759. The lowest BCUT2D eigenvalue weighted by molar-refractivity contribution is 0.0942. The minimum absolute atomic E-state index is 0.0920. The van der Waals surface area contributed by atoms with E-state index in [9.17, 15) is 4.79 Å². The second-order valence-electron chi connectivity index (χ2n) is 7.56. The highest BCUT2D eigenvalue weighted by Crippen LogP contribution is 2.28. The van der Waals surface area contributed by atoms with Gasteiger partial charge in [-0.15, -0.1) is 11.3 Å². The number of thiazole rings is 1. The van der Waals surface area contributed by atoms with E-state index in [2.05, 4.69) is 45.9 Å². The molecule has 0 aromatic carbocycles. The third kappa shape index (κ3) is 4.75. The number of nitrogens with zero attached hydrogens (tertiary/aromatic N) is 4. The summed E-state index contributed by atoms with van der Waals surface area (Å²) in [6, 6.07) is 3.92. The summed E-state index contributed by atoms with van der Waals surface area (Å²) in [5, 5.41) is 5.30. The molecule has 3 rings (SSSR count). The number of ether oxygens (including phenoxy) is 1. The average molecular weight is 390 g/mol. The number of nitrogens with one attached hydrogen (secondary N) is 1. The van der Waals surface area contributed by atoms with Crippen LogP contribution < -0.4 is 15.0 Å². The summed E-state index contributed by atoms with van der Waals surface area (Å²) >= 11 is 1.50. The maximum Gasteiger partial charge on any atom is 0.270 e. The fraction of sp³-hybridized carbons (Fsp3) is 0.526. The van der Waals surface area contributed by atoms with E-state index in [4.69, 9.17) is 4.74 Å². The third-order valence-corrected chi connectivity index (χ3v) is 5.58. The Morgan fingerprint density at radius 2 is 2.22 bits per heavy atom. The molecule has 0 radical (unpaired) electrons. The van der Waals surface area contributed by atoms with Crippen LogP contribution in [0, 0.1) is 0 Å². The number of hydrogen-bond donors (Lipinski definition) is 1. The quantitative estimate of drug-likeness (QED) is 0.846. The Hall–Kier alpha value is -2.19. The van der Waals surface area contributed by atoms with Crippen LogP contribution >= 0.6 is 11.3 Å². The summed E-state index contributed by atoms with van der Waals surface area (Å²) in [5.74, 6) is 0.601. The topological polar surface area (TPSA) is 70.6 Å². The molecule has 0 spiro atoms. The van der Waals surface area contributed by atoms with Gasteiger partial charge in [0.25, 0.3) is 5.91 Å². The van der Waals surface area contributed by atoms with Gasteiger partial charge in [0.1, 0.15) is 18.1 Å². The maximum absolute atomic E-state index is 11.9. The van der Waals surface area contributed by atoms with Crippen molar-refractivity contribution in [1.29, 1.82) is 0 Å². The van der Waals surface area contributed by atoms with Gasteiger partial charge in [-0.1, -0.05) is 0 Å². The molecule has 27 heavy (non-hydrogen) atoms. The highest BCUT2D eigenvalue weighted by Gasteiger charge is 2.34. The van der Waals surface area contributed by atoms with E-state index in [1.807, 2.05) is 17.5 Å². The molecule has 8 heteroatoms. The van der Waals surface area contributed by atoms with Crippen LogP contribution in [0.4, 0.5) is 5.13 Å². The zero-order chi connectivity index (χ0) is 19.4. The van der Waals surface area contributed by atoms with Crippen LogP contribution in [0.2, 0.25) is 0 Å². The number of hydrogen-bond acceptors (Lipinski definition) is 7. The molecular formula is C19H27N5O2S. The number of aromatic nitrogens is 2. The first-order valence-corrected chi connectivity index (χ1v) is 9.98. The lowest BCUT2D eigenvalue weighted by atomic mass is 10.0. The van der Waals surface area contributed by atoms with Crippen LogP contribution in [0.1, 0.15) is 31.3 Å². The molecule has 1 N–H and O–H groups in total. The lowest BCUT2D eigenvalue weighted by Gasteiger charge is -2.46. The van der Waals surface area contributed by atoms with E-state index < -0.39 is 0 Å². The summed E-state index contributed by atoms with van der Waals surface area (Å²) < 4.78 is 6.00. The molecule has 7 nitrogen and oxygen atoms in total. The Morgan fingerprint density at radius 3 is 2.89 bits per heavy atom. The van der Waals surface area contributed by atoms with Crippen molar-refractivity contribution in [3.05, 3.63) is 35.6 Å². The number of piperazine rings is 1. The highest BCUT2D eigenvalue weighted by atomic mass is 32.1. The predicted octanol–water partition coefficient (Wildman–Crippen LogP) is 2.27. The Labute approximate surface area is 164 Å². The molecule has 1 saturated heterocycles. The van der Waals surface area contributed by atoms with Gasteiger partial charge >= 0.3 is 0 Å². The second kappa shape index (κ2) is 8.22. The molecule has 1 aliphatic heterocycles. The van der Waals surface area contributed by atoms with Crippen molar-refractivity contribution in [2.24, 2.45) is 0 Å². The maximum atomic E-state index is 11.9. The summed E-state index contributed by atoms with van der Waals surface area (Å²) in [5.41, 5.74) is 0.553. The van der Waals surface area contributed by atoms with E-state index in [0.717, 1.165) is 30.5 Å². The molecule has 0 bridgehead atoms. The fourth-order valence-corrected chi connectivity index (χ4v) is 4.02. The molecule has 1 aliphatic rings. The van der Waals surface area contributed by atoms with Gasteiger partial charge in [0.2, 0.25) is 0 Å². The number of carbonyl (C=O) groups excluding carboxylic acids is 1. The van der Waals surface area contributed by atoms with E-state index >= 15 is 0 Å². The normalized spacial score (nSPS) is 18.4. The van der Waals surface area contributed by atoms with Crippen LogP contribution in [0.15, 0.2) is 29.9 Å². The zero-order valence-electron chi connectivity index (χ0n) is 16.3. The Kier molecular flexibility index (Phi) is 5.96. The molecule has 1 amide bonds. The predicted molar refractivity (Wildman–Crippen MR) is 108 cm³/mol.